The average Bonchev–Trinajstić information content (AvgIpc) is 2.85. The number of likely N-dealkylation sites (N-methyl/N-ethyl adjacent to an activating group) is 1. The molecule has 1 aliphatic carbocycles. The molecule has 4 heteroatoms. The maximum absolute atomic E-state index is 13.0. The average molecular weight is 281 g/mol. The number of nitrogens with zero attached hydrogens (tertiary/aromatic N) is 2. The van der Waals surface area contributed by atoms with Crippen LogP contribution in [0.1, 0.15) is 52.9 Å². The SMILES string of the molecule is CC(C)CC(CN(C)C)N1C(=O)C2(CCCC2)NC1C. The van der Waals surface area contributed by atoms with Gasteiger partial charge in [0, 0.05) is 12.6 Å². The molecule has 2 atom stereocenters. The van der Waals surface area contributed by atoms with Crippen LogP contribution in [0, 0.1) is 5.92 Å². The molecule has 0 radical (unpaired) electrons. The van der Waals surface area contributed by atoms with Gasteiger partial charge in [-0.25, -0.2) is 0 Å². The zero-order valence-corrected chi connectivity index (χ0v) is 13.8. The number of hydrogen-bond acceptors (Lipinski definition) is 3. The van der Waals surface area contributed by atoms with Gasteiger partial charge in [0.25, 0.3) is 0 Å². The fraction of sp³-hybridized carbons (Fsp3) is 0.938. The summed E-state index contributed by atoms with van der Waals surface area (Å²) >= 11 is 0. The quantitative estimate of drug-likeness (QED) is 0.838. The van der Waals surface area contributed by atoms with Crippen LogP contribution in [-0.2, 0) is 4.79 Å². The first kappa shape index (κ1) is 15.8. The summed E-state index contributed by atoms with van der Waals surface area (Å²) in [7, 11) is 4.19. The number of rotatable bonds is 5. The summed E-state index contributed by atoms with van der Waals surface area (Å²) in [5.41, 5.74) is -0.235. The molecule has 116 valence electrons. The molecule has 0 aromatic carbocycles. The molecular weight excluding hydrogens is 250 g/mol. The maximum atomic E-state index is 13.0. The molecule has 2 fully saturated rings. The smallest absolute Gasteiger partial charge is 0.244 e. The summed E-state index contributed by atoms with van der Waals surface area (Å²) < 4.78 is 0. The second-order valence-corrected chi connectivity index (χ2v) is 7.37. The zero-order chi connectivity index (χ0) is 14.9. The van der Waals surface area contributed by atoms with E-state index in [0.717, 1.165) is 25.8 Å². The minimum absolute atomic E-state index is 0.171. The Labute approximate surface area is 123 Å². The molecule has 4 nitrogen and oxygen atoms in total. The van der Waals surface area contributed by atoms with E-state index in [0.29, 0.717) is 17.9 Å². The molecule has 0 aromatic rings. The molecule has 2 rings (SSSR count). The van der Waals surface area contributed by atoms with E-state index in [-0.39, 0.29) is 11.7 Å². The van der Waals surface area contributed by atoms with Crippen molar-refractivity contribution in [3.05, 3.63) is 0 Å². The van der Waals surface area contributed by atoms with E-state index in [9.17, 15) is 4.79 Å². The minimum atomic E-state index is -0.235. The highest BCUT2D eigenvalue weighted by atomic mass is 16.2. The lowest BCUT2D eigenvalue weighted by molar-refractivity contribution is -0.135. The van der Waals surface area contributed by atoms with Crippen molar-refractivity contribution >= 4 is 5.91 Å². The number of carbonyl (C=O) groups is 1. The van der Waals surface area contributed by atoms with Crippen molar-refractivity contribution in [1.29, 1.82) is 0 Å². The van der Waals surface area contributed by atoms with Crippen molar-refractivity contribution < 1.29 is 4.79 Å². The lowest BCUT2D eigenvalue weighted by Gasteiger charge is -2.34. The van der Waals surface area contributed by atoms with Gasteiger partial charge >= 0.3 is 0 Å². The summed E-state index contributed by atoms with van der Waals surface area (Å²) in [4.78, 5) is 17.3. The highest BCUT2D eigenvalue weighted by molar-refractivity contribution is 5.89. The van der Waals surface area contributed by atoms with Crippen LogP contribution in [0.2, 0.25) is 0 Å². The van der Waals surface area contributed by atoms with E-state index < -0.39 is 0 Å². The first-order chi connectivity index (χ1) is 9.35. The molecule has 0 aromatic heterocycles. The van der Waals surface area contributed by atoms with Crippen molar-refractivity contribution in [2.24, 2.45) is 5.92 Å². The van der Waals surface area contributed by atoms with E-state index >= 15 is 0 Å². The van der Waals surface area contributed by atoms with Gasteiger partial charge in [-0.2, -0.15) is 0 Å². The number of nitrogens with one attached hydrogen (secondary N) is 1. The van der Waals surface area contributed by atoms with Gasteiger partial charge < -0.3 is 9.80 Å². The van der Waals surface area contributed by atoms with Gasteiger partial charge in [-0.05, 0) is 46.2 Å². The second-order valence-electron chi connectivity index (χ2n) is 7.37. The zero-order valence-electron chi connectivity index (χ0n) is 13.8. The number of amides is 1. The van der Waals surface area contributed by atoms with E-state index in [4.69, 9.17) is 0 Å². The third-order valence-electron chi connectivity index (χ3n) is 4.72. The predicted octanol–water partition coefficient (Wildman–Crippen LogP) is 2.05. The molecule has 1 heterocycles. The van der Waals surface area contributed by atoms with Crippen LogP contribution in [0.3, 0.4) is 0 Å². The third kappa shape index (κ3) is 3.01. The van der Waals surface area contributed by atoms with Crippen LogP contribution in [0.25, 0.3) is 0 Å². The Morgan fingerprint density at radius 1 is 1.35 bits per heavy atom. The molecule has 1 saturated heterocycles. The van der Waals surface area contributed by atoms with Crippen LogP contribution in [0.5, 0.6) is 0 Å². The molecular formula is C16H31N3O. The highest BCUT2D eigenvalue weighted by Gasteiger charge is 2.52. The Bertz CT molecular complexity index is 338. The molecule has 20 heavy (non-hydrogen) atoms. The third-order valence-corrected chi connectivity index (χ3v) is 4.72. The lowest BCUT2D eigenvalue weighted by atomic mass is 9.96. The Kier molecular flexibility index (Phi) is 4.75. The summed E-state index contributed by atoms with van der Waals surface area (Å²) in [6.07, 6.45) is 5.64. The first-order valence-electron chi connectivity index (χ1n) is 8.11. The maximum Gasteiger partial charge on any atom is 0.244 e. The fourth-order valence-corrected chi connectivity index (χ4v) is 4.01. The Hall–Kier alpha value is -0.610. The van der Waals surface area contributed by atoms with Crippen molar-refractivity contribution in [1.82, 2.24) is 15.1 Å². The topological polar surface area (TPSA) is 35.6 Å². The van der Waals surface area contributed by atoms with Crippen LogP contribution >= 0.6 is 0 Å². The van der Waals surface area contributed by atoms with Gasteiger partial charge in [0.05, 0.1) is 11.7 Å². The minimum Gasteiger partial charge on any atom is -0.322 e. The van der Waals surface area contributed by atoms with Gasteiger partial charge in [0.1, 0.15) is 0 Å². The van der Waals surface area contributed by atoms with E-state index in [1.54, 1.807) is 0 Å². The lowest BCUT2D eigenvalue weighted by Crippen LogP contribution is -2.49. The van der Waals surface area contributed by atoms with E-state index in [1.165, 1.54) is 12.8 Å². The summed E-state index contributed by atoms with van der Waals surface area (Å²) in [6.45, 7) is 7.58. The molecule has 1 N–H and O–H groups in total. The monoisotopic (exact) mass is 281 g/mol. The van der Waals surface area contributed by atoms with Crippen LogP contribution in [-0.4, -0.2) is 54.1 Å². The molecule has 2 unspecified atom stereocenters. The van der Waals surface area contributed by atoms with Gasteiger partial charge in [-0.3, -0.25) is 10.1 Å². The Morgan fingerprint density at radius 3 is 2.45 bits per heavy atom. The predicted molar refractivity (Wildman–Crippen MR) is 82.4 cm³/mol. The first-order valence-corrected chi connectivity index (χ1v) is 8.11. The van der Waals surface area contributed by atoms with Crippen molar-refractivity contribution in [3.8, 4) is 0 Å². The van der Waals surface area contributed by atoms with Gasteiger partial charge in [-0.15, -0.1) is 0 Å². The van der Waals surface area contributed by atoms with E-state index in [2.05, 4.69) is 50.0 Å². The number of hydrogen-bond donors (Lipinski definition) is 1. The van der Waals surface area contributed by atoms with Gasteiger partial charge in [0.15, 0.2) is 0 Å². The van der Waals surface area contributed by atoms with Crippen LogP contribution in [0.4, 0.5) is 0 Å². The van der Waals surface area contributed by atoms with Crippen LogP contribution in [0.15, 0.2) is 0 Å². The molecule has 1 spiro atoms. The fourth-order valence-electron chi connectivity index (χ4n) is 4.01. The summed E-state index contributed by atoms with van der Waals surface area (Å²) in [5.74, 6) is 0.968. The Balaban J connectivity index is 2.17. The highest BCUT2D eigenvalue weighted by Crippen LogP contribution is 2.37. The standard InChI is InChI=1S/C16H31N3O/c1-12(2)10-14(11-18(4)5)19-13(3)17-16(15(19)20)8-6-7-9-16/h12-14,17H,6-11H2,1-5H3. The largest absolute Gasteiger partial charge is 0.322 e. The molecule has 0 bridgehead atoms. The van der Waals surface area contributed by atoms with Crippen molar-refractivity contribution in [3.63, 3.8) is 0 Å². The Morgan fingerprint density at radius 2 is 1.95 bits per heavy atom. The van der Waals surface area contributed by atoms with Crippen molar-refractivity contribution in [2.75, 3.05) is 20.6 Å². The molecule has 1 amide bonds. The van der Waals surface area contributed by atoms with Crippen LogP contribution < -0.4 is 5.32 Å². The summed E-state index contributed by atoms with van der Waals surface area (Å²) in [5, 5.41) is 3.61. The number of carbonyl (C=O) groups excluding carboxylic acids is 1. The van der Waals surface area contributed by atoms with Crippen molar-refractivity contribution in [2.45, 2.75) is 70.6 Å². The summed E-state index contributed by atoms with van der Waals surface area (Å²) in [6, 6.07) is 0.319. The molecule has 2 aliphatic rings. The second kappa shape index (κ2) is 6.02. The van der Waals surface area contributed by atoms with Gasteiger partial charge in [0.2, 0.25) is 5.91 Å². The van der Waals surface area contributed by atoms with Gasteiger partial charge in [-0.1, -0.05) is 26.7 Å². The molecule has 1 saturated carbocycles. The normalized spacial score (nSPS) is 27.2. The molecule has 1 aliphatic heterocycles. The van der Waals surface area contributed by atoms with E-state index in [1.807, 2.05) is 0 Å².